The molecule has 0 atom stereocenters. The third kappa shape index (κ3) is 4.85. The van der Waals surface area contributed by atoms with Gasteiger partial charge in [0.05, 0.1) is 13.2 Å². The molecule has 1 aromatic carbocycles. The zero-order chi connectivity index (χ0) is 13.4. The van der Waals surface area contributed by atoms with Crippen molar-refractivity contribution in [2.45, 2.75) is 19.8 Å². The number of rotatable bonds is 7. The fourth-order valence-electron chi connectivity index (χ4n) is 1.54. The number of nitrogens with one attached hydrogen (secondary N) is 1. The summed E-state index contributed by atoms with van der Waals surface area (Å²) >= 11 is 0. The van der Waals surface area contributed by atoms with E-state index in [0.29, 0.717) is 37.8 Å². The molecule has 0 heterocycles. The van der Waals surface area contributed by atoms with Crippen LogP contribution in [-0.2, 0) is 4.74 Å². The molecular weight excluding hydrogens is 228 g/mol. The minimum absolute atomic E-state index is 0.0679. The normalized spacial score (nSPS) is 10.7. The highest BCUT2D eigenvalue weighted by Gasteiger charge is 2.05. The molecule has 1 aromatic rings. The predicted molar refractivity (Wildman–Crippen MR) is 72.7 cm³/mol. The molecule has 0 radical (unpaired) electrons. The lowest BCUT2D eigenvalue weighted by Crippen LogP contribution is -2.27. The fraction of sp³-hybridized carbons (Fsp3) is 0.500. The van der Waals surface area contributed by atoms with E-state index in [0.717, 1.165) is 0 Å². The topological polar surface area (TPSA) is 64.3 Å². The first kappa shape index (κ1) is 14.7. The molecule has 100 valence electrons. The van der Waals surface area contributed by atoms with Gasteiger partial charge in [-0.25, -0.2) is 0 Å². The van der Waals surface area contributed by atoms with Crippen LogP contribution >= 0.6 is 0 Å². The summed E-state index contributed by atoms with van der Waals surface area (Å²) in [6.45, 7) is 6.29. The van der Waals surface area contributed by atoms with Gasteiger partial charge >= 0.3 is 0 Å². The van der Waals surface area contributed by atoms with Gasteiger partial charge in [0, 0.05) is 18.7 Å². The van der Waals surface area contributed by atoms with Crippen LogP contribution in [0.3, 0.4) is 0 Å². The van der Waals surface area contributed by atoms with Crippen molar-refractivity contribution < 1.29 is 9.53 Å². The first-order chi connectivity index (χ1) is 8.65. The van der Waals surface area contributed by atoms with Crippen LogP contribution in [-0.4, -0.2) is 32.2 Å². The maximum atomic E-state index is 11.8. The van der Waals surface area contributed by atoms with Crippen molar-refractivity contribution in [1.29, 1.82) is 0 Å². The molecule has 0 aliphatic rings. The number of benzene rings is 1. The Kier molecular flexibility index (Phi) is 6.39. The van der Waals surface area contributed by atoms with Gasteiger partial charge in [-0.05, 0) is 23.6 Å². The first-order valence-electron chi connectivity index (χ1n) is 6.31. The Morgan fingerprint density at radius 1 is 1.28 bits per heavy atom. The molecule has 18 heavy (non-hydrogen) atoms. The van der Waals surface area contributed by atoms with Crippen molar-refractivity contribution in [1.82, 2.24) is 5.32 Å². The summed E-state index contributed by atoms with van der Waals surface area (Å²) in [5.41, 5.74) is 7.20. The molecular formula is C14H22N2O2. The van der Waals surface area contributed by atoms with Gasteiger partial charge in [-0.15, -0.1) is 0 Å². The van der Waals surface area contributed by atoms with Gasteiger partial charge in [0.25, 0.3) is 5.91 Å². The van der Waals surface area contributed by atoms with E-state index < -0.39 is 0 Å². The summed E-state index contributed by atoms with van der Waals surface area (Å²) < 4.78 is 5.18. The largest absolute Gasteiger partial charge is 0.378 e. The van der Waals surface area contributed by atoms with E-state index in [4.69, 9.17) is 10.5 Å². The van der Waals surface area contributed by atoms with Crippen molar-refractivity contribution in [3.05, 3.63) is 35.4 Å². The molecule has 4 nitrogen and oxygen atoms in total. The van der Waals surface area contributed by atoms with E-state index in [-0.39, 0.29) is 5.91 Å². The highest BCUT2D eigenvalue weighted by atomic mass is 16.5. The Labute approximate surface area is 109 Å². The van der Waals surface area contributed by atoms with Crippen molar-refractivity contribution in [2.75, 3.05) is 26.3 Å². The summed E-state index contributed by atoms with van der Waals surface area (Å²) in [4.78, 5) is 11.8. The van der Waals surface area contributed by atoms with Crippen LogP contribution in [0.15, 0.2) is 24.3 Å². The third-order valence-electron chi connectivity index (χ3n) is 2.63. The van der Waals surface area contributed by atoms with Crippen LogP contribution in [0.25, 0.3) is 0 Å². The molecule has 0 fully saturated rings. The zero-order valence-corrected chi connectivity index (χ0v) is 11.1. The fourth-order valence-corrected chi connectivity index (χ4v) is 1.54. The van der Waals surface area contributed by atoms with Gasteiger partial charge in [0.2, 0.25) is 0 Å². The van der Waals surface area contributed by atoms with E-state index in [2.05, 4.69) is 19.2 Å². The average Bonchev–Trinajstić information content (AvgIpc) is 2.38. The second kappa shape index (κ2) is 7.84. The molecule has 0 spiro atoms. The van der Waals surface area contributed by atoms with Gasteiger partial charge in [0.1, 0.15) is 0 Å². The summed E-state index contributed by atoms with van der Waals surface area (Å²) in [5, 5.41) is 2.80. The monoisotopic (exact) mass is 250 g/mol. The Hall–Kier alpha value is -1.39. The summed E-state index contributed by atoms with van der Waals surface area (Å²) in [6.07, 6.45) is 0. The number of hydrogen-bond donors (Lipinski definition) is 2. The highest BCUT2D eigenvalue weighted by Crippen LogP contribution is 2.14. The maximum Gasteiger partial charge on any atom is 0.251 e. The number of amides is 1. The summed E-state index contributed by atoms with van der Waals surface area (Å²) in [7, 11) is 0. The molecule has 0 unspecified atom stereocenters. The highest BCUT2D eigenvalue weighted by molar-refractivity contribution is 5.94. The lowest BCUT2D eigenvalue weighted by molar-refractivity contribution is 0.0920. The molecule has 0 saturated carbocycles. The molecule has 3 N–H and O–H groups in total. The quantitative estimate of drug-likeness (QED) is 0.721. The Morgan fingerprint density at radius 2 is 1.94 bits per heavy atom. The van der Waals surface area contributed by atoms with E-state index in [1.807, 2.05) is 24.3 Å². The third-order valence-corrected chi connectivity index (χ3v) is 2.63. The van der Waals surface area contributed by atoms with Gasteiger partial charge < -0.3 is 15.8 Å². The van der Waals surface area contributed by atoms with Crippen molar-refractivity contribution in [2.24, 2.45) is 5.73 Å². The van der Waals surface area contributed by atoms with E-state index in [1.165, 1.54) is 5.56 Å². The first-order valence-corrected chi connectivity index (χ1v) is 6.31. The molecule has 1 amide bonds. The van der Waals surface area contributed by atoms with Gasteiger partial charge in [-0.2, -0.15) is 0 Å². The lowest BCUT2D eigenvalue weighted by Gasteiger charge is -2.08. The number of carbonyl (C=O) groups excluding carboxylic acids is 1. The van der Waals surface area contributed by atoms with Crippen LogP contribution in [0.2, 0.25) is 0 Å². The van der Waals surface area contributed by atoms with Crippen LogP contribution in [0, 0.1) is 0 Å². The van der Waals surface area contributed by atoms with Crippen LogP contribution < -0.4 is 11.1 Å². The number of ether oxygens (including phenoxy) is 1. The van der Waals surface area contributed by atoms with Gasteiger partial charge in [-0.1, -0.05) is 26.0 Å². The minimum Gasteiger partial charge on any atom is -0.378 e. The number of nitrogens with two attached hydrogens (primary N) is 1. The molecule has 0 saturated heterocycles. The summed E-state index contributed by atoms with van der Waals surface area (Å²) in [5.74, 6) is 0.411. The zero-order valence-electron chi connectivity index (χ0n) is 11.1. The van der Waals surface area contributed by atoms with Gasteiger partial charge in [-0.3, -0.25) is 4.79 Å². The minimum atomic E-state index is -0.0679. The molecule has 0 bridgehead atoms. The summed E-state index contributed by atoms with van der Waals surface area (Å²) in [6, 6.07) is 7.69. The van der Waals surface area contributed by atoms with Crippen molar-refractivity contribution in [3.63, 3.8) is 0 Å². The SMILES string of the molecule is CC(C)c1ccc(C(=O)NCCOCCN)cc1. The lowest BCUT2D eigenvalue weighted by atomic mass is 10.0. The smallest absolute Gasteiger partial charge is 0.251 e. The molecule has 1 rings (SSSR count). The van der Waals surface area contributed by atoms with Crippen molar-refractivity contribution >= 4 is 5.91 Å². The Morgan fingerprint density at radius 3 is 2.50 bits per heavy atom. The maximum absolute atomic E-state index is 11.8. The molecule has 0 aromatic heterocycles. The second-order valence-corrected chi connectivity index (χ2v) is 4.43. The molecule has 0 aliphatic heterocycles. The van der Waals surface area contributed by atoms with Crippen molar-refractivity contribution in [3.8, 4) is 0 Å². The van der Waals surface area contributed by atoms with E-state index >= 15 is 0 Å². The standard InChI is InChI=1S/C14H22N2O2/c1-11(2)12-3-5-13(6-4-12)14(17)16-8-10-18-9-7-15/h3-6,11H,7-10,15H2,1-2H3,(H,16,17). The second-order valence-electron chi connectivity index (χ2n) is 4.43. The van der Waals surface area contributed by atoms with Crippen LogP contribution in [0.5, 0.6) is 0 Å². The number of carbonyl (C=O) groups is 1. The molecule has 4 heteroatoms. The van der Waals surface area contributed by atoms with E-state index in [9.17, 15) is 4.79 Å². The molecule has 0 aliphatic carbocycles. The van der Waals surface area contributed by atoms with Crippen LogP contribution in [0.4, 0.5) is 0 Å². The Balaban J connectivity index is 2.37. The Bertz CT molecular complexity index is 361. The predicted octanol–water partition coefficient (Wildman–Crippen LogP) is 1.52. The number of hydrogen-bond acceptors (Lipinski definition) is 3. The van der Waals surface area contributed by atoms with E-state index in [1.54, 1.807) is 0 Å². The average molecular weight is 250 g/mol. The van der Waals surface area contributed by atoms with Gasteiger partial charge in [0.15, 0.2) is 0 Å². The van der Waals surface area contributed by atoms with Crippen LogP contribution in [0.1, 0.15) is 35.7 Å².